The molecule has 1 aromatic carbocycles. The lowest BCUT2D eigenvalue weighted by Crippen LogP contribution is -2.38. The standard InChI is InChI=1S/C18H32N2/c1-5-18(6-2)20(14-15(3)4)12-8-10-16-9-7-11-17(19)13-16/h7,9,11,13,15,18H,5-6,8,10,12,14,19H2,1-4H3. The second-order valence-corrected chi connectivity index (χ2v) is 6.21. The normalized spacial score (nSPS) is 11.8. The molecule has 0 aliphatic heterocycles. The monoisotopic (exact) mass is 276 g/mol. The fourth-order valence-corrected chi connectivity index (χ4v) is 2.93. The summed E-state index contributed by atoms with van der Waals surface area (Å²) in [5, 5.41) is 0. The SMILES string of the molecule is CCC(CC)N(CCCc1cccc(N)c1)CC(C)C. The van der Waals surface area contributed by atoms with Gasteiger partial charge in [-0.25, -0.2) is 0 Å². The van der Waals surface area contributed by atoms with E-state index in [4.69, 9.17) is 5.73 Å². The molecule has 1 rings (SSSR count). The number of aryl methyl sites for hydroxylation is 1. The van der Waals surface area contributed by atoms with Gasteiger partial charge in [-0.2, -0.15) is 0 Å². The van der Waals surface area contributed by atoms with Gasteiger partial charge in [0, 0.05) is 18.3 Å². The maximum atomic E-state index is 5.84. The highest BCUT2D eigenvalue weighted by Crippen LogP contribution is 2.14. The van der Waals surface area contributed by atoms with Crippen LogP contribution in [-0.2, 0) is 6.42 Å². The first kappa shape index (κ1) is 17.0. The van der Waals surface area contributed by atoms with E-state index in [0.29, 0.717) is 0 Å². The van der Waals surface area contributed by atoms with Gasteiger partial charge in [0.05, 0.1) is 0 Å². The fourth-order valence-electron chi connectivity index (χ4n) is 2.93. The van der Waals surface area contributed by atoms with E-state index in [0.717, 1.165) is 24.1 Å². The quantitative estimate of drug-likeness (QED) is 0.679. The molecule has 0 aromatic heterocycles. The lowest BCUT2D eigenvalue weighted by atomic mass is 10.0. The first-order chi connectivity index (χ1) is 9.56. The van der Waals surface area contributed by atoms with Crippen LogP contribution in [0.25, 0.3) is 0 Å². The minimum Gasteiger partial charge on any atom is -0.399 e. The molecular formula is C18H32N2. The van der Waals surface area contributed by atoms with Gasteiger partial charge in [0.25, 0.3) is 0 Å². The largest absolute Gasteiger partial charge is 0.399 e. The number of nitrogens with zero attached hydrogens (tertiary/aromatic N) is 1. The van der Waals surface area contributed by atoms with Crippen LogP contribution in [0.5, 0.6) is 0 Å². The molecule has 0 unspecified atom stereocenters. The lowest BCUT2D eigenvalue weighted by molar-refractivity contribution is 0.164. The summed E-state index contributed by atoms with van der Waals surface area (Å²) >= 11 is 0. The predicted octanol–water partition coefficient (Wildman–Crippen LogP) is 4.35. The van der Waals surface area contributed by atoms with E-state index >= 15 is 0 Å². The molecule has 0 heterocycles. The van der Waals surface area contributed by atoms with Gasteiger partial charge < -0.3 is 10.6 Å². The minimum atomic E-state index is 0.734. The molecule has 0 fully saturated rings. The second kappa shape index (κ2) is 9.02. The van der Waals surface area contributed by atoms with Crippen molar-refractivity contribution in [3.8, 4) is 0 Å². The summed E-state index contributed by atoms with van der Waals surface area (Å²) in [5.74, 6) is 0.739. The zero-order valence-electron chi connectivity index (χ0n) is 13.7. The fraction of sp³-hybridized carbons (Fsp3) is 0.667. The topological polar surface area (TPSA) is 29.3 Å². The summed E-state index contributed by atoms with van der Waals surface area (Å²) in [5.41, 5.74) is 8.07. The summed E-state index contributed by atoms with van der Waals surface area (Å²) in [6, 6.07) is 9.03. The van der Waals surface area contributed by atoms with Crippen molar-refractivity contribution in [3.63, 3.8) is 0 Å². The van der Waals surface area contributed by atoms with Crippen LogP contribution in [0, 0.1) is 5.92 Å². The van der Waals surface area contributed by atoms with E-state index in [1.54, 1.807) is 0 Å². The Hall–Kier alpha value is -1.02. The van der Waals surface area contributed by atoms with E-state index < -0.39 is 0 Å². The van der Waals surface area contributed by atoms with Gasteiger partial charge in [0.2, 0.25) is 0 Å². The minimum absolute atomic E-state index is 0.734. The molecule has 0 bridgehead atoms. The molecule has 0 radical (unpaired) electrons. The van der Waals surface area contributed by atoms with Crippen molar-refractivity contribution in [2.24, 2.45) is 5.92 Å². The molecule has 2 nitrogen and oxygen atoms in total. The molecule has 0 spiro atoms. The summed E-state index contributed by atoms with van der Waals surface area (Å²) < 4.78 is 0. The molecule has 0 aliphatic carbocycles. The average Bonchev–Trinajstić information content (AvgIpc) is 2.39. The van der Waals surface area contributed by atoms with Crippen molar-refractivity contribution in [1.29, 1.82) is 0 Å². The van der Waals surface area contributed by atoms with Crippen LogP contribution in [-0.4, -0.2) is 24.0 Å². The van der Waals surface area contributed by atoms with Gasteiger partial charge in [-0.15, -0.1) is 0 Å². The molecule has 1 aromatic rings. The van der Waals surface area contributed by atoms with Gasteiger partial charge >= 0.3 is 0 Å². The number of benzene rings is 1. The van der Waals surface area contributed by atoms with Crippen LogP contribution in [0.2, 0.25) is 0 Å². The molecule has 20 heavy (non-hydrogen) atoms. The van der Waals surface area contributed by atoms with Gasteiger partial charge in [0.1, 0.15) is 0 Å². The van der Waals surface area contributed by atoms with Crippen molar-refractivity contribution in [2.75, 3.05) is 18.8 Å². The number of hydrogen-bond donors (Lipinski definition) is 1. The summed E-state index contributed by atoms with van der Waals surface area (Å²) in [6.07, 6.45) is 4.84. The number of rotatable bonds is 9. The third-order valence-corrected chi connectivity index (χ3v) is 3.92. The highest BCUT2D eigenvalue weighted by molar-refractivity contribution is 5.40. The first-order valence-corrected chi connectivity index (χ1v) is 8.15. The Labute approximate surface area is 125 Å². The maximum absolute atomic E-state index is 5.84. The third-order valence-electron chi connectivity index (χ3n) is 3.92. The smallest absolute Gasteiger partial charge is 0.0316 e. The Morgan fingerprint density at radius 3 is 2.40 bits per heavy atom. The van der Waals surface area contributed by atoms with Crippen LogP contribution < -0.4 is 5.73 Å². The van der Waals surface area contributed by atoms with Gasteiger partial charge in [-0.1, -0.05) is 39.8 Å². The summed E-state index contributed by atoms with van der Waals surface area (Å²) in [7, 11) is 0. The van der Waals surface area contributed by atoms with Crippen molar-refractivity contribution in [3.05, 3.63) is 29.8 Å². The molecule has 2 N–H and O–H groups in total. The van der Waals surface area contributed by atoms with Gasteiger partial charge in [0.15, 0.2) is 0 Å². The molecule has 2 heteroatoms. The molecule has 0 saturated carbocycles. The number of nitrogens with two attached hydrogens (primary N) is 1. The van der Waals surface area contributed by atoms with Gasteiger partial charge in [-0.05, 0) is 55.8 Å². The molecule has 0 saturated heterocycles. The Bertz CT molecular complexity index is 369. The summed E-state index contributed by atoms with van der Waals surface area (Å²) in [4.78, 5) is 2.68. The molecule has 0 aliphatic rings. The van der Waals surface area contributed by atoms with Crippen molar-refractivity contribution in [2.45, 2.75) is 59.4 Å². The maximum Gasteiger partial charge on any atom is 0.0316 e. The van der Waals surface area contributed by atoms with E-state index in [2.05, 4.69) is 50.8 Å². The zero-order valence-corrected chi connectivity index (χ0v) is 13.7. The molecule has 114 valence electrons. The predicted molar refractivity (Wildman–Crippen MR) is 90.0 cm³/mol. The van der Waals surface area contributed by atoms with Crippen molar-refractivity contribution >= 4 is 5.69 Å². The van der Waals surface area contributed by atoms with Crippen LogP contribution in [0.3, 0.4) is 0 Å². The Balaban J connectivity index is 2.49. The van der Waals surface area contributed by atoms with E-state index in [1.807, 2.05) is 6.07 Å². The van der Waals surface area contributed by atoms with Crippen LogP contribution in [0.1, 0.15) is 52.5 Å². The van der Waals surface area contributed by atoms with Gasteiger partial charge in [-0.3, -0.25) is 0 Å². The Morgan fingerprint density at radius 1 is 1.15 bits per heavy atom. The number of nitrogen functional groups attached to an aromatic ring is 1. The molecular weight excluding hydrogens is 244 g/mol. The first-order valence-electron chi connectivity index (χ1n) is 8.15. The molecule has 0 atom stereocenters. The third kappa shape index (κ3) is 5.96. The van der Waals surface area contributed by atoms with E-state index in [-0.39, 0.29) is 0 Å². The Kier molecular flexibility index (Phi) is 7.68. The van der Waals surface area contributed by atoms with Crippen LogP contribution in [0.4, 0.5) is 5.69 Å². The summed E-state index contributed by atoms with van der Waals surface area (Å²) in [6.45, 7) is 11.6. The van der Waals surface area contributed by atoms with E-state index in [9.17, 15) is 0 Å². The molecule has 0 amide bonds. The lowest BCUT2D eigenvalue weighted by Gasteiger charge is -2.32. The van der Waals surface area contributed by atoms with Crippen molar-refractivity contribution < 1.29 is 0 Å². The number of anilines is 1. The highest BCUT2D eigenvalue weighted by Gasteiger charge is 2.15. The Morgan fingerprint density at radius 2 is 1.85 bits per heavy atom. The van der Waals surface area contributed by atoms with E-state index in [1.165, 1.54) is 37.9 Å². The number of hydrogen-bond acceptors (Lipinski definition) is 2. The zero-order chi connectivity index (χ0) is 15.0. The van der Waals surface area contributed by atoms with Crippen molar-refractivity contribution in [1.82, 2.24) is 4.90 Å². The highest BCUT2D eigenvalue weighted by atomic mass is 15.1. The average molecular weight is 276 g/mol. The second-order valence-electron chi connectivity index (χ2n) is 6.21. The van der Waals surface area contributed by atoms with Crippen LogP contribution >= 0.6 is 0 Å². The van der Waals surface area contributed by atoms with Crippen LogP contribution in [0.15, 0.2) is 24.3 Å².